The van der Waals surface area contributed by atoms with Gasteiger partial charge in [-0.1, -0.05) is 66.2 Å². The zero-order valence-corrected chi connectivity index (χ0v) is 35.8. The van der Waals surface area contributed by atoms with Crippen molar-refractivity contribution in [2.24, 2.45) is 11.8 Å². The minimum atomic E-state index is -1.17. The van der Waals surface area contributed by atoms with E-state index in [1.807, 2.05) is 27.7 Å². The third kappa shape index (κ3) is 29.7. The molecule has 14 heteroatoms. The lowest BCUT2D eigenvalue weighted by Gasteiger charge is -2.35. The molecule has 0 aromatic heterocycles. The fraction of sp³-hybridized carbons (Fsp3) is 0.872. The molecular weight excluding hydrogens is 699 g/mol. The molecule has 0 aliphatic heterocycles. The molecule has 0 saturated heterocycles. The van der Waals surface area contributed by atoms with Crippen LogP contribution in [0.15, 0.2) is 0 Å². The molecule has 0 rings (SSSR count). The van der Waals surface area contributed by atoms with Crippen molar-refractivity contribution in [1.82, 2.24) is 14.5 Å². The van der Waals surface area contributed by atoms with Gasteiger partial charge in [-0.05, 0) is 53.4 Å². The molecule has 0 bridgehead atoms. The number of aliphatic hydroxyl groups excluding tert-OH is 1. The Bertz CT molecular complexity index is 1000. The van der Waals surface area contributed by atoms with Crippen LogP contribution < -0.4 is 0 Å². The number of unbranched alkanes of at least 4 members (excludes halogenated alkanes) is 8. The molecule has 1 unspecified atom stereocenters. The van der Waals surface area contributed by atoms with Crippen LogP contribution in [0.4, 0.5) is 0 Å². The maximum atomic E-state index is 11.8. The largest absolute Gasteiger partial charge is 0.464 e. The Morgan fingerprint density at radius 2 is 1.00 bits per heavy atom. The molecule has 1 N–H and O–H groups in total. The average Bonchev–Trinajstić information content (AvgIpc) is 3.09. The van der Waals surface area contributed by atoms with Crippen LogP contribution in [0.25, 0.3) is 4.85 Å². The standard InChI is InChI=1S/C24H46N3O5P.C15H29NO4/c1-20(2)24(29)26(8)16-19-30-23(28)14-12-10-9-11-13-17-31-33(32-18-15-25-7)27(21(3)4)22(5)6;1-13(2)15(19)16(3)10-12-20-14(18)9-7-5-4-6-8-11-17/h20-22H,9-19H2,1-6,8H3;13,17H,4-12H2,1-3H3. The summed E-state index contributed by atoms with van der Waals surface area (Å²) in [6.07, 6.45) is 10.3. The molecule has 0 aromatic rings. The predicted molar refractivity (Wildman–Crippen MR) is 212 cm³/mol. The molecule has 1 atom stereocenters. The molecule has 2 amide bonds. The number of rotatable bonds is 30. The molecule has 0 radical (unpaired) electrons. The highest BCUT2D eigenvalue weighted by atomic mass is 31.2. The molecule has 0 aliphatic carbocycles. The molecular formula is C39H75N4O9P. The second-order valence-corrected chi connectivity index (χ2v) is 15.8. The van der Waals surface area contributed by atoms with Gasteiger partial charge in [-0.2, -0.15) is 0 Å². The van der Waals surface area contributed by atoms with Crippen molar-refractivity contribution in [2.45, 2.75) is 145 Å². The summed E-state index contributed by atoms with van der Waals surface area (Å²) in [5.41, 5.74) is 0. The number of hydrogen-bond acceptors (Lipinski definition) is 10. The normalized spacial score (nSPS) is 11.8. The molecule has 0 aliphatic rings. The van der Waals surface area contributed by atoms with Crippen molar-refractivity contribution >= 4 is 32.3 Å². The van der Waals surface area contributed by atoms with E-state index in [-0.39, 0.29) is 55.4 Å². The van der Waals surface area contributed by atoms with Crippen molar-refractivity contribution in [1.29, 1.82) is 0 Å². The highest BCUT2D eigenvalue weighted by Gasteiger charge is 2.27. The van der Waals surface area contributed by atoms with E-state index < -0.39 is 8.53 Å². The van der Waals surface area contributed by atoms with Crippen molar-refractivity contribution in [3.8, 4) is 0 Å². The summed E-state index contributed by atoms with van der Waals surface area (Å²) in [6, 6.07) is 0.611. The van der Waals surface area contributed by atoms with Crippen LogP contribution in [0.3, 0.4) is 0 Å². The second kappa shape index (κ2) is 34.2. The SMILES string of the molecule is CC(C)C(=O)N(C)CCOC(=O)CCCCCCCO.[C-]#[N+]CCOP(OCCCCCCCC(=O)OCCN(C)C(=O)C(C)C)N(C(C)C)C(C)C. The monoisotopic (exact) mass is 775 g/mol. The summed E-state index contributed by atoms with van der Waals surface area (Å²) in [5, 5.41) is 8.62. The first-order valence-electron chi connectivity index (χ1n) is 19.7. The molecule has 0 saturated carbocycles. The van der Waals surface area contributed by atoms with Crippen LogP contribution in [0.2, 0.25) is 0 Å². The minimum absolute atomic E-state index is 0.0328. The third-order valence-electron chi connectivity index (χ3n) is 8.04. The Morgan fingerprint density at radius 3 is 1.40 bits per heavy atom. The number of nitrogens with zero attached hydrogens (tertiary/aromatic N) is 4. The quantitative estimate of drug-likeness (QED) is 0.0343. The first-order valence-corrected chi connectivity index (χ1v) is 20.8. The van der Waals surface area contributed by atoms with Gasteiger partial charge in [0.05, 0.1) is 19.7 Å². The van der Waals surface area contributed by atoms with Gasteiger partial charge in [0, 0.05) is 57.5 Å². The summed E-state index contributed by atoms with van der Waals surface area (Å²) >= 11 is 0. The smallest absolute Gasteiger partial charge is 0.305 e. The number of hydrogen-bond donors (Lipinski definition) is 1. The van der Waals surface area contributed by atoms with Gasteiger partial charge in [0.15, 0.2) is 0 Å². The number of likely N-dealkylation sites (N-methyl/N-ethyl adjacent to an activating group) is 2. The van der Waals surface area contributed by atoms with E-state index in [2.05, 4.69) is 37.2 Å². The van der Waals surface area contributed by atoms with E-state index in [1.165, 1.54) is 0 Å². The summed E-state index contributed by atoms with van der Waals surface area (Å²) in [5.74, 6) is -0.367. The highest BCUT2D eigenvalue weighted by Crippen LogP contribution is 2.45. The van der Waals surface area contributed by atoms with Crippen molar-refractivity contribution in [3.63, 3.8) is 0 Å². The molecule has 13 nitrogen and oxygen atoms in total. The van der Waals surface area contributed by atoms with Crippen molar-refractivity contribution in [3.05, 3.63) is 11.4 Å². The van der Waals surface area contributed by atoms with E-state index in [0.29, 0.717) is 57.8 Å². The summed E-state index contributed by atoms with van der Waals surface area (Å²) in [4.78, 5) is 53.2. The van der Waals surface area contributed by atoms with Crippen molar-refractivity contribution in [2.75, 3.05) is 66.8 Å². The van der Waals surface area contributed by atoms with Crippen LogP contribution >= 0.6 is 8.53 Å². The third-order valence-corrected chi connectivity index (χ3v) is 10.1. The van der Waals surface area contributed by atoms with Gasteiger partial charge in [-0.25, -0.2) is 11.2 Å². The molecule has 0 spiro atoms. The van der Waals surface area contributed by atoms with Crippen LogP contribution in [0.1, 0.15) is 132 Å². The Morgan fingerprint density at radius 1 is 0.604 bits per heavy atom. The molecule has 310 valence electrons. The van der Waals surface area contributed by atoms with E-state index in [0.717, 1.165) is 64.2 Å². The predicted octanol–water partition coefficient (Wildman–Crippen LogP) is 7.26. The summed E-state index contributed by atoms with van der Waals surface area (Å²) < 4.78 is 24.5. The maximum Gasteiger partial charge on any atom is 0.305 e. The van der Waals surface area contributed by atoms with E-state index in [4.69, 9.17) is 30.2 Å². The van der Waals surface area contributed by atoms with Crippen LogP contribution in [0, 0.1) is 18.4 Å². The van der Waals surface area contributed by atoms with Gasteiger partial charge in [-0.3, -0.25) is 19.2 Å². The van der Waals surface area contributed by atoms with Gasteiger partial charge in [-0.15, -0.1) is 0 Å². The lowest BCUT2D eigenvalue weighted by molar-refractivity contribution is -0.146. The van der Waals surface area contributed by atoms with Gasteiger partial charge in [0.1, 0.15) is 19.8 Å². The Hall–Kier alpha value is -2.36. The second-order valence-electron chi connectivity index (χ2n) is 14.4. The van der Waals surface area contributed by atoms with Crippen LogP contribution in [-0.2, 0) is 37.7 Å². The zero-order valence-electron chi connectivity index (χ0n) is 34.9. The summed E-state index contributed by atoms with van der Waals surface area (Å²) in [7, 11) is 2.28. The molecule has 0 heterocycles. The summed E-state index contributed by atoms with van der Waals surface area (Å²) in [6.45, 7) is 25.9. The van der Waals surface area contributed by atoms with E-state index in [1.54, 1.807) is 23.9 Å². The Balaban J connectivity index is 0. The lowest BCUT2D eigenvalue weighted by Crippen LogP contribution is -2.33. The highest BCUT2D eigenvalue weighted by molar-refractivity contribution is 7.44. The minimum Gasteiger partial charge on any atom is -0.464 e. The van der Waals surface area contributed by atoms with E-state index in [9.17, 15) is 19.2 Å². The van der Waals surface area contributed by atoms with Gasteiger partial charge in [0.25, 0.3) is 8.53 Å². The lowest BCUT2D eigenvalue weighted by atomic mass is 10.1. The van der Waals surface area contributed by atoms with E-state index >= 15 is 0 Å². The Labute approximate surface area is 323 Å². The maximum absolute atomic E-state index is 11.8. The number of aliphatic hydroxyl groups is 1. The molecule has 0 aromatic carbocycles. The fourth-order valence-electron chi connectivity index (χ4n) is 5.10. The number of amides is 2. The molecule has 53 heavy (non-hydrogen) atoms. The number of ether oxygens (including phenoxy) is 2. The zero-order chi connectivity index (χ0) is 40.6. The number of esters is 2. The van der Waals surface area contributed by atoms with Crippen molar-refractivity contribution < 1.29 is 42.8 Å². The van der Waals surface area contributed by atoms with Gasteiger partial charge in [0.2, 0.25) is 18.4 Å². The number of carbonyl (C=O) groups is 4. The van der Waals surface area contributed by atoms with Crippen LogP contribution in [0.5, 0.6) is 0 Å². The first kappa shape index (κ1) is 52.7. The van der Waals surface area contributed by atoms with Gasteiger partial charge < -0.3 is 38.3 Å². The number of carbonyl (C=O) groups excluding carboxylic acids is 4. The Kier molecular flexibility index (Phi) is 34.0. The average molecular weight is 775 g/mol. The first-order chi connectivity index (χ1) is 25.1. The van der Waals surface area contributed by atoms with Gasteiger partial charge >= 0.3 is 11.9 Å². The van der Waals surface area contributed by atoms with Crippen LogP contribution in [-0.4, -0.2) is 122 Å². The molecule has 0 fully saturated rings. The fourth-order valence-corrected chi connectivity index (χ4v) is 6.72. The topological polar surface area (TPSA) is 140 Å².